The van der Waals surface area contributed by atoms with Crippen molar-refractivity contribution < 1.29 is 9.53 Å². The Morgan fingerprint density at radius 1 is 1.15 bits per heavy atom. The highest BCUT2D eigenvalue weighted by molar-refractivity contribution is 5.76. The lowest BCUT2D eigenvalue weighted by Crippen LogP contribution is -2.32. The summed E-state index contributed by atoms with van der Waals surface area (Å²) in [6.45, 7) is 8.02. The van der Waals surface area contributed by atoms with Crippen LogP contribution >= 0.6 is 0 Å². The third kappa shape index (κ3) is 6.20. The van der Waals surface area contributed by atoms with E-state index < -0.39 is 0 Å². The van der Waals surface area contributed by atoms with Gasteiger partial charge in [-0.25, -0.2) is 0 Å². The second kappa shape index (κ2) is 9.85. The molecule has 2 aromatic rings. The van der Waals surface area contributed by atoms with Crippen LogP contribution in [0, 0.1) is 0 Å². The third-order valence-electron chi connectivity index (χ3n) is 4.41. The number of H-pyrrole nitrogens is 1. The molecule has 2 atom stereocenters. The zero-order valence-corrected chi connectivity index (χ0v) is 16.4. The molecular weight excluding hydrogens is 344 g/mol. The monoisotopic (exact) mass is 372 g/mol. The van der Waals surface area contributed by atoms with E-state index in [1.165, 1.54) is 0 Å². The summed E-state index contributed by atoms with van der Waals surface area (Å²) in [7, 11) is 0. The first-order chi connectivity index (χ1) is 12.9. The molecule has 1 aromatic heterocycles. The van der Waals surface area contributed by atoms with Crippen molar-refractivity contribution in [1.82, 2.24) is 20.5 Å². The lowest BCUT2D eigenvalue weighted by Gasteiger charge is -2.12. The van der Waals surface area contributed by atoms with Gasteiger partial charge < -0.3 is 15.0 Å². The molecule has 0 unspecified atom stereocenters. The minimum absolute atomic E-state index is 0.0912. The number of aromatic amines is 1. The molecule has 2 rings (SSSR count). The summed E-state index contributed by atoms with van der Waals surface area (Å²) in [4.78, 5) is 26.8. The van der Waals surface area contributed by atoms with Crippen LogP contribution in [0.4, 0.5) is 0 Å². The van der Waals surface area contributed by atoms with Gasteiger partial charge in [-0.1, -0.05) is 13.8 Å². The van der Waals surface area contributed by atoms with Crippen molar-refractivity contribution in [1.29, 1.82) is 0 Å². The quantitative estimate of drug-likeness (QED) is 0.705. The van der Waals surface area contributed by atoms with E-state index in [1.54, 1.807) is 0 Å². The summed E-state index contributed by atoms with van der Waals surface area (Å²) < 4.78 is 5.74. The van der Waals surface area contributed by atoms with Gasteiger partial charge in [-0.05, 0) is 51.0 Å². The van der Waals surface area contributed by atoms with Gasteiger partial charge in [-0.3, -0.25) is 9.59 Å². The first-order valence-corrected chi connectivity index (χ1v) is 9.45. The number of rotatable bonds is 9. The van der Waals surface area contributed by atoms with E-state index in [0.29, 0.717) is 5.82 Å². The molecule has 146 valence electrons. The molecule has 27 heavy (non-hydrogen) atoms. The second-order valence-electron chi connectivity index (χ2n) is 6.69. The van der Waals surface area contributed by atoms with Crippen molar-refractivity contribution in [3.05, 3.63) is 40.3 Å². The Hall–Kier alpha value is -2.70. The van der Waals surface area contributed by atoms with Crippen LogP contribution in [0.1, 0.15) is 52.7 Å². The van der Waals surface area contributed by atoms with Crippen molar-refractivity contribution in [2.24, 2.45) is 0 Å². The number of aryl methyl sites for hydroxylation is 1. The predicted octanol–water partition coefficient (Wildman–Crippen LogP) is 2.86. The van der Waals surface area contributed by atoms with Crippen LogP contribution in [-0.4, -0.2) is 33.2 Å². The Kier molecular flexibility index (Phi) is 7.52. The SMILES string of the molecule is CC[C@@H](C)NC(=O)CCc1nnc(-c2ccc(O[C@H](C)CC)cc2)[nH]c1=O. The Bertz CT molecular complexity index is 802. The number of ether oxygens (including phenoxy) is 1. The minimum atomic E-state index is -0.323. The number of amides is 1. The third-order valence-corrected chi connectivity index (χ3v) is 4.41. The van der Waals surface area contributed by atoms with Gasteiger partial charge in [-0.2, -0.15) is 0 Å². The average molecular weight is 372 g/mol. The summed E-state index contributed by atoms with van der Waals surface area (Å²) in [6.07, 6.45) is 2.40. The number of hydrogen-bond donors (Lipinski definition) is 2. The molecule has 7 heteroatoms. The first kappa shape index (κ1) is 20.6. The highest BCUT2D eigenvalue weighted by atomic mass is 16.5. The maximum atomic E-state index is 12.2. The van der Waals surface area contributed by atoms with Gasteiger partial charge in [0.25, 0.3) is 5.56 Å². The highest BCUT2D eigenvalue weighted by Crippen LogP contribution is 2.19. The van der Waals surface area contributed by atoms with E-state index in [-0.39, 0.29) is 42.1 Å². The molecule has 1 amide bonds. The van der Waals surface area contributed by atoms with Crippen molar-refractivity contribution in [2.45, 2.75) is 65.5 Å². The Morgan fingerprint density at radius 3 is 2.44 bits per heavy atom. The highest BCUT2D eigenvalue weighted by Gasteiger charge is 2.11. The van der Waals surface area contributed by atoms with E-state index in [4.69, 9.17) is 4.74 Å². The van der Waals surface area contributed by atoms with Gasteiger partial charge in [0.2, 0.25) is 5.91 Å². The minimum Gasteiger partial charge on any atom is -0.491 e. The topological polar surface area (TPSA) is 97.0 Å². The summed E-state index contributed by atoms with van der Waals surface area (Å²) in [5.74, 6) is 1.07. The number of aromatic nitrogens is 3. The van der Waals surface area contributed by atoms with Gasteiger partial charge in [0, 0.05) is 24.4 Å². The number of benzene rings is 1. The maximum Gasteiger partial charge on any atom is 0.273 e. The molecule has 0 radical (unpaired) electrons. The zero-order chi connectivity index (χ0) is 19.8. The largest absolute Gasteiger partial charge is 0.491 e. The van der Waals surface area contributed by atoms with Crippen LogP contribution in [0.3, 0.4) is 0 Å². The smallest absolute Gasteiger partial charge is 0.273 e. The molecule has 0 fully saturated rings. The fourth-order valence-electron chi connectivity index (χ4n) is 2.34. The zero-order valence-electron chi connectivity index (χ0n) is 16.4. The summed E-state index contributed by atoms with van der Waals surface area (Å²) >= 11 is 0. The van der Waals surface area contributed by atoms with Gasteiger partial charge >= 0.3 is 0 Å². The number of nitrogens with one attached hydrogen (secondary N) is 2. The van der Waals surface area contributed by atoms with E-state index in [0.717, 1.165) is 24.2 Å². The van der Waals surface area contributed by atoms with Crippen LogP contribution in [0.25, 0.3) is 11.4 Å². The predicted molar refractivity (Wildman–Crippen MR) is 105 cm³/mol. The van der Waals surface area contributed by atoms with Gasteiger partial charge in [-0.15, -0.1) is 10.2 Å². The standard InChI is InChI=1S/C20H28N4O3/c1-5-13(3)21-18(25)12-11-17-20(26)22-19(24-23-17)15-7-9-16(10-8-15)27-14(4)6-2/h7-10,13-14H,5-6,11-12H2,1-4H3,(H,21,25)(H,22,24,26)/t13-,14-/m1/s1. The average Bonchev–Trinajstić information content (AvgIpc) is 2.67. The Balaban J connectivity index is 2.01. The number of nitrogens with zero attached hydrogens (tertiary/aromatic N) is 2. The van der Waals surface area contributed by atoms with E-state index in [1.807, 2.05) is 45.0 Å². The lowest BCUT2D eigenvalue weighted by atomic mass is 10.2. The molecule has 0 spiro atoms. The molecule has 0 saturated heterocycles. The molecule has 0 aliphatic carbocycles. The maximum absolute atomic E-state index is 12.2. The molecule has 0 saturated carbocycles. The summed E-state index contributed by atoms with van der Waals surface area (Å²) in [5, 5.41) is 11.0. The lowest BCUT2D eigenvalue weighted by molar-refractivity contribution is -0.121. The summed E-state index contributed by atoms with van der Waals surface area (Å²) in [6, 6.07) is 7.47. The molecule has 0 aliphatic rings. The van der Waals surface area contributed by atoms with Crippen LogP contribution in [0.5, 0.6) is 5.75 Å². The number of carbonyl (C=O) groups excluding carboxylic acids is 1. The van der Waals surface area contributed by atoms with Crippen molar-refractivity contribution >= 4 is 5.91 Å². The molecular formula is C20H28N4O3. The van der Waals surface area contributed by atoms with Crippen LogP contribution in [0.2, 0.25) is 0 Å². The fourth-order valence-corrected chi connectivity index (χ4v) is 2.34. The number of carbonyl (C=O) groups is 1. The van der Waals surface area contributed by atoms with Gasteiger partial charge in [0.1, 0.15) is 11.4 Å². The Labute approximate surface area is 159 Å². The summed E-state index contributed by atoms with van der Waals surface area (Å²) in [5.41, 5.74) is 0.684. The van der Waals surface area contributed by atoms with Crippen molar-refractivity contribution in [3.63, 3.8) is 0 Å². The molecule has 0 aliphatic heterocycles. The van der Waals surface area contributed by atoms with Crippen molar-refractivity contribution in [3.8, 4) is 17.1 Å². The van der Waals surface area contributed by atoms with E-state index >= 15 is 0 Å². The van der Waals surface area contributed by atoms with Gasteiger partial charge in [0.05, 0.1) is 6.10 Å². The first-order valence-electron chi connectivity index (χ1n) is 9.45. The molecule has 2 N–H and O–H groups in total. The normalized spacial score (nSPS) is 13.0. The molecule has 7 nitrogen and oxygen atoms in total. The fraction of sp³-hybridized carbons (Fsp3) is 0.500. The molecule has 0 bridgehead atoms. The van der Waals surface area contributed by atoms with Gasteiger partial charge in [0.15, 0.2) is 5.82 Å². The second-order valence-corrected chi connectivity index (χ2v) is 6.69. The van der Waals surface area contributed by atoms with E-state index in [9.17, 15) is 9.59 Å². The van der Waals surface area contributed by atoms with Crippen LogP contribution in [-0.2, 0) is 11.2 Å². The molecule has 1 heterocycles. The van der Waals surface area contributed by atoms with Crippen molar-refractivity contribution in [2.75, 3.05) is 0 Å². The number of hydrogen-bond acceptors (Lipinski definition) is 5. The Morgan fingerprint density at radius 2 is 1.85 bits per heavy atom. The van der Waals surface area contributed by atoms with E-state index in [2.05, 4.69) is 27.4 Å². The van der Waals surface area contributed by atoms with Crippen LogP contribution in [0.15, 0.2) is 29.1 Å². The molecule has 1 aromatic carbocycles. The van der Waals surface area contributed by atoms with Crippen LogP contribution < -0.4 is 15.6 Å².